The number of aromatic nitrogens is 1. The van der Waals surface area contributed by atoms with Crippen molar-refractivity contribution in [3.05, 3.63) is 89.1 Å². The summed E-state index contributed by atoms with van der Waals surface area (Å²) >= 11 is 1.71. The van der Waals surface area contributed by atoms with Gasteiger partial charge in [0.25, 0.3) is 5.91 Å². The molecular formula is C26H22N2O3S. The Morgan fingerprint density at radius 2 is 1.84 bits per heavy atom. The van der Waals surface area contributed by atoms with Gasteiger partial charge in [0.05, 0.1) is 6.04 Å². The molecule has 160 valence electrons. The quantitative estimate of drug-likeness (QED) is 0.431. The highest BCUT2D eigenvalue weighted by Gasteiger charge is 2.35. The minimum Gasteiger partial charge on any atom is -0.454 e. The molecule has 6 heteroatoms. The maximum Gasteiger partial charge on any atom is 0.254 e. The molecule has 2 aliphatic rings. The van der Waals surface area contributed by atoms with Gasteiger partial charge < -0.3 is 19.4 Å². The fraction of sp³-hybridized carbons (Fsp3) is 0.192. The third-order valence-electron chi connectivity index (χ3n) is 6.35. The number of ether oxygens (including phenoxy) is 2. The molecule has 1 atom stereocenters. The van der Waals surface area contributed by atoms with E-state index in [4.69, 9.17) is 9.47 Å². The van der Waals surface area contributed by atoms with E-state index in [1.807, 2.05) is 23.1 Å². The summed E-state index contributed by atoms with van der Waals surface area (Å²) in [7, 11) is 0. The molecule has 32 heavy (non-hydrogen) atoms. The molecule has 3 heterocycles. The average molecular weight is 443 g/mol. The molecule has 6 rings (SSSR count). The predicted octanol–water partition coefficient (Wildman–Crippen LogP) is 5.41. The largest absolute Gasteiger partial charge is 0.454 e. The van der Waals surface area contributed by atoms with Crippen molar-refractivity contribution in [2.75, 3.05) is 19.6 Å². The number of fused-ring (bicyclic) bond motifs is 4. The molecule has 0 unspecified atom stereocenters. The minimum absolute atomic E-state index is 0.00782. The molecule has 0 saturated carbocycles. The van der Waals surface area contributed by atoms with Crippen LogP contribution in [0.5, 0.6) is 11.5 Å². The number of nitrogens with one attached hydrogen (secondary N) is 1. The summed E-state index contributed by atoms with van der Waals surface area (Å²) in [4.78, 5) is 20.5. The van der Waals surface area contributed by atoms with E-state index in [-0.39, 0.29) is 18.7 Å². The predicted molar refractivity (Wildman–Crippen MR) is 126 cm³/mol. The first kappa shape index (κ1) is 19.3. The number of aromatic amines is 1. The van der Waals surface area contributed by atoms with Crippen molar-refractivity contribution in [2.45, 2.75) is 17.4 Å². The van der Waals surface area contributed by atoms with Gasteiger partial charge in [0, 0.05) is 33.6 Å². The third-order valence-corrected chi connectivity index (χ3v) is 7.09. The number of hydrogen-bond donors (Lipinski definition) is 1. The second-order valence-electron chi connectivity index (χ2n) is 8.06. The molecule has 0 saturated heterocycles. The molecule has 1 aromatic heterocycles. The number of carbonyl (C=O) groups excluding carboxylic acids is 1. The first-order valence-corrected chi connectivity index (χ1v) is 11.9. The van der Waals surface area contributed by atoms with Gasteiger partial charge in [-0.05, 0) is 60.2 Å². The van der Waals surface area contributed by atoms with Crippen molar-refractivity contribution < 1.29 is 14.3 Å². The molecule has 0 aliphatic carbocycles. The number of para-hydroxylation sites is 1. The number of hydrogen-bond acceptors (Lipinski definition) is 4. The minimum atomic E-state index is -0.181. The van der Waals surface area contributed by atoms with Crippen LogP contribution in [-0.4, -0.2) is 35.4 Å². The number of carbonyl (C=O) groups is 1. The van der Waals surface area contributed by atoms with Gasteiger partial charge in [-0.3, -0.25) is 4.79 Å². The van der Waals surface area contributed by atoms with Crippen molar-refractivity contribution in [3.8, 4) is 11.5 Å². The Bertz CT molecular complexity index is 1330. The maximum absolute atomic E-state index is 13.7. The summed E-state index contributed by atoms with van der Waals surface area (Å²) < 4.78 is 10.9. The van der Waals surface area contributed by atoms with Crippen molar-refractivity contribution in [3.63, 3.8) is 0 Å². The second-order valence-corrected chi connectivity index (χ2v) is 8.93. The van der Waals surface area contributed by atoms with Crippen LogP contribution in [0.15, 0.2) is 71.6 Å². The van der Waals surface area contributed by atoms with Crippen LogP contribution in [0.25, 0.3) is 10.9 Å². The Hall–Kier alpha value is -3.38. The first-order chi connectivity index (χ1) is 15.7. The molecule has 5 nitrogen and oxygen atoms in total. The van der Waals surface area contributed by atoms with E-state index in [0.717, 1.165) is 23.2 Å². The summed E-state index contributed by atoms with van der Waals surface area (Å²) in [5.41, 5.74) is 5.22. The van der Waals surface area contributed by atoms with E-state index in [2.05, 4.69) is 53.7 Å². The Morgan fingerprint density at radius 1 is 1.03 bits per heavy atom. The van der Waals surface area contributed by atoms with E-state index < -0.39 is 0 Å². The summed E-state index contributed by atoms with van der Waals surface area (Å²) in [6.07, 6.45) is 2.88. The Balaban J connectivity index is 1.46. The van der Waals surface area contributed by atoms with Crippen LogP contribution in [0.1, 0.15) is 33.2 Å². The smallest absolute Gasteiger partial charge is 0.254 e. The fourth-order valence-electron chi connectivity index (χ4n) is 4.79. The van der Waals surface area contributed by atoms with Crippen LogP contribution in [0.3, 0.4) is 0 Å². The van der Waals surface area contributed by atoms with Crippen LogP contribution >= 0.6 is 11.8 Å². The number of thioether (sulfide) groups is 1. The highest BCUT2D eigenvalue weighted by Crippen LogP contribution is 2.40. The van der Waals surface area contributed by atoms with Gasteiger partial charge in [-0.2, -0.15) is 0 Å². The van der Waals surface area contributed by atoms with Gasteiger partial charge in [-0.15, -0.1) is 11.8 Å². The Labute approximate surface area is 190 Å². The van der Waals surface area contributed by atoms with Gasteiger partial charge in [0.15, 0.2) is 11.5 Å². The second kappa shape index (κ2) is 7.64. The van der Waals surface area contributed by atoms with Crippen LogP contribution in [-0.2, 0) is 6.42 Å². The van der Waals surface area contributed by atoms with E-state index in [1.54, 1.807) is 17.8 Å². The molecule has 0 radical (unpaired) electrons. The van der Waals surface area contributed by atoms with Gasteiger partial charge >= 0.3 is 0 Å². The van der Waals surface area contributed by atoms with Crippen LogP contribution in [0.2, 0.25) is 0 Å². The summed E-state index contributed by atoms with van der Waals surface area (Å²) in [5, 5.41) is 1.24. The molecule has 2 aliphatic heterocycles. The lowest BCUT2D eigenvalue weighted by atomic mass is 9.91. The maximum atomic E-state index is 13.7. The third kappa shape index (κ3) is 3.06. The van der Waals surface area contributed by atoms with Crippen molar-refractivity contribution in [1.82, 2.24) is 9.88 Å². The van der Waals surface area contributed by atoms with Crippen LogP contribution < -0.4 is 9.47 Å². The topological polar surface area (TPSA) is 54.6 Å². The molecule has 1 N–H and O–H groups in total. The van der Waals surface area contributed by atoms with E-state index >= 15 is 0 Å². The lowest BCUT2D eigenvalue weighted by molar-refractivity contribution is 0.0691. The molecule has 1 amide bonds. The fourth-order valence-corrected chi connectivity index (χ4v) is 5.20. The monoisotopic (exact) mass is 442 g/mol. The summed E-state index contributed by atoms with van der Waals surface area (Å²) in [5.74, 6) is 1.30. The summed E-state index contributed by atoms with van der Waals surface area (Å²) in [6.45, 7) is 0.844. The van der Waals surface area contributed by atoms with E-state index in [1.165, 1.54) is 15.8 Å². The van der Waals surface area contributed by atoms with Crippen LogP contribution in [0, 0.1) is 0 Å². The van der Waals surface area contributed by atoms with Gasteiger partial charge in [-0.1, -0.05) is 30.3 Å². The number of H-pyrrole nitrogens is 1. The SMILES string of the molecule is CSc1ccc([C@@H]2c3[nH]c4ccccc4c3CCN2C(=O)c2ccc3c(c2)OCO3)cc1. The lowest BCUT2D eigenvalue weighted by Gasteiger charge is -2.36. The van der Waals surface area contributed by atoms with Crippen molar-refractivity contribution in [1.29, 1.82) is 0 Å². The van der Waals surface area contributed by atoms with Gasteiger partial charge in [-0.25, -0.2) is 0 Å². The van der Waals surface area contributed by atoms with Crippen molar-refractivity contribution in [2.24, 2.45) is 0 Å². The van der Waals surface area contributed by atoms with E-state index in [0.29, 0.717) is 23.6 Å². The number of nitrogens with zero attached hydrogens (tertiary/aromatic N) is 1. The average Bonchev–Trinajstić information content (AvgIpc) is 3.47. The van der Waals surface area contributed by atoms with E-state index in [9.17, 15) is 4.79 Å². The Kier molecular flexibility index (Phi) is 4.61. The zero-order chi connectivity index (χ0) is 21.7. The molecule has 3 aromatic carbocycles. The first-order valence-electron chi connectivity index (χ1n) is 10.7. The number of rotatable bonds is 3. The highest BCUT2D eigenvalue weighted by atomic mass is 32.2. The normalized spacial score (nSPS) is 16.9. The zero-order valence-corrected chi connectivity index (χ0v) is 18.4. The van der Waals surface area contributed by atoms with Crippen LogP contribution in [0.4, 0.5) is 0 Å². The molecule has 0 fully saturated rings. The van der Waals surface area contributed by atoms with Crippen molar-refractivity contribution >= 4 is 28.6 Å². The standard InChI is InChI=1S/C26H22N2O3S/c1-32-18-9-6-16(7-10-18)25-24-20(19-4-2-3-5-21(19)27-24)12-13-28(25)26(29)17-8-11-22-23(14-17)31-15-30-22/h2-11,14,25,27H,12-13,15H2,1H3/t25-/m1/s1. The molecule has 0 bridgehead atoms. The van der Waals surface area contributed by atoms with Gasteiger partial charge in [0.2, 0.25) is 6.79 Å². The highest BCUT2D eigenvalue weighted by molar-refractivity contribution is 7.98. The number of amides is 1. The number of benzene rings is 3. The summed E-state index contributed by atoms with van der Waals surface area (Å²) in [6, 6.07) is 22.2. The zero-order valence-electron chi connectivity index (χ0n) is 17.6. The lowest BCUT2D eigenvalue weighted by Crippen LogP contribution is -2.40. The van der Waals surface area contributed by atoms with Gasteiger partial charge in [0.1, 0.15) is 0 Å². The molecular weight excluding hydrogens is 420 g/mol. The Morgan fingerprint density at radius 3 is 2.69 bits per heavy atom. The molecule has 0 spiro atoms. The molecule has 4 aromatic rings.